The summed E-state index contributed by atoms with van der Waals surface area (Å²) in [5, 5.41) is 10.9. The van der Waals surface area contributed by atoms with Gasteiger partial charge in [0.15, 0.2) is 5.82 Å². The highest BCUT2D eigenvalue weighted by atomic mass is 16.2. The van der Waals surface area contributed by atoms with Gasteiger partial charge in [-0.3, -0.25) is 9.59 Å². The summed E-state index contributed by atoms with van der Waals surface area (Å²) in [5.41, 5.74) is -0.360. The van der Waals surface area contributed by atoms with Gasteiger partial charge in [0, 0.05) is 25.6 Å². The summed E-state index contributed by atoms with van der Waals surface area (Å²) in [4.78, 5) is 25.8. The molecule has 0 radical (unpaired) electrons. The molecule has 1 N–H and O–H groups in total. The van der Waals surface area contributed by atoms with Crippen LogP contribution >= 0.6 is 0 Å². The smallest absolute Gasteiger partial charge is 0.291 e. The van der Waals surface area contributed by atoms with E-state index in [0.29, 0.717) is 31.3 Å². The number of fused-ring (bicyclic) bond motifs is 1. The van der Waals surface area contributed by atoms with Gasteiger partial charge in [0.25, 0.3) is 5.91 Å². The molecule has 7 nitrogen and oxygen atoms in total. The molecule has 1 aromatic rings. The lowest BCUT2D eigenvalue weighted by Crippen LogP contribution is -2.40. The number of aromatic nitrogens is 3. The van der Waals surface area contributed by atoms with Crippen LogP contribution in [-0.4, -0.2) is 45.1 Å². The van der Waals surface area contributed by atoms with Crippen molar-refractivity contribution in [2.45, 2.75) is 46.7 Å². The van der Waals surface area contributed by atoms with Gasteiger partial charge in [0.2, 0.25) is 11.7 Å². The Balaban J connectivity index is 2.08. The van der Waals surface area contributed by atoms with E-state index in [-0.39, 0.29) is 17.2 Å². The molecule has 2 heterocycles. The molecule has 0 spiro atoms. The lowest BCUT2D eigenvalue weighted by atomic mass is 9.84. The van der Waals surface area contributed by atoms with Crippen LogP contribution in [0.4, 0.5) is 0 Å². The van der Waals surface area contributed by atoms with Crippen molar-refractivity contribution >= 4 is 11.8 Å². The minimum absolute atomic E-state index is 0.0177. The summed E-state index contributed by atoms with van der Waals surface area (Å²) >= 11 is 0. The maximum absolute atomic E-state index is 12.3. The Kier molecular flexibility index (Phi) is 4.29. The van der Waals surface area contributed by atoms with Gasteiger partial charge in [0.05, 0.1) is 6.54 Å². The highest BCUT2D eigenvalue weighted by Gasteiger charge is 2.30. The number of carbonyl (C=O) groups excluding carboxylic acids is 2. The van der Waals surface area contributed by atoms with Gasteiger partial charge in [0.1, 0.15) is 0 Å². The second-order valence-electron chi connectivity index (χ2n) is 5.77. The number of amides is 2. The fourth-order valence-electron chi connectivity index (χ4n) is 2.33. The molecule has 0 aliphatic carbocycles. The molecule has 0 saturated heterocycles. The molecular weight excluding hydrogens is 270 g/mol. The topological polar surface area (TPSA) is 80.1 Å². The van der Waals surface area contributed by atoms with Crippen LogP contribution in [0.15, 0.2) is 0 Å². The molecular formula is C14H23N5O2. The van der Waals surface area contributed by atoms with Crippen LogP contribution in [0.2, 0.25) is 0 Å². The second kappa shape index (κ2) is 5.83. The quantitative estimate of drug-likeness (QED) is 0.871. The molecule has 2 amide bonds. The normalized spacial score (nSPS) is 15.0. The number of likely N-dealkylation sites (N-methyl/N-ethyl adjacent to an activating group) is 1. The molecule has 2 rings (SSSR count). The molecule has 0 saturated carbocycles. The molecule has 0 fully saturated rings. The van der Waals surface area contributed by atoms with Gasteiger partial charge in [-0.15, -0.1) is 10.2 Å². The van der Waals surface area contributed by atoms with E-state index in [9.17, 15) is 9.59 Å². The van der Waals surface area contributed by atoms with Gasteiger partial charge in [-0.05, 0) is 12.8 Å². The van der Waals surface area contributed by atoms with Crippen LogP contribution in [0.5, 0.6) is 0 Å². The van der Waals surface area contributed by atoms with Crippen LogP contribution in [0, 0.1) is 5.41 Å². The van der Waals surface area contributed by atoms with Crippen molar-refractivity contribution in [1.82, 2.24) is 25.0 Å². The predicted molar refractivity (Wildman–Crippen MR) is 77.5 cm³/mol. The molecule has 0 unspecified atom stereocenters. The van der Waals surface area contributed by atoms with Gasteiger partial charge >= 0.3 is 0 Å². The third-order valence-electron chi connectivity index (χ3n) is 4.54. The highest BCUT2D eigenvalue weighted by molar-refractivity contribution is 5.91. The SMILES string of the molecule is CCC(C)(CC)C(=O)NCc1nnc2n1CCN(C)C2=O. The molecule has 0 atom stereocenters. The molecule has 21 heavy (non-hydrogen) atoms. The van der Waals surface area contributed by atoms with Gasteiger partial charge in [-0.25, -0.2) is 0 Å². The van der Waals surface area contributed by atoms with E-state index < -0.39 is 0 Å². The van der Waals surface area contributed by atoms with Crippen LogP contribution < -0.4 is 5.32 Å². The van der Waals surface area contributed by atoms with E-state index in [0.717, 1.165) is 12.8 Å². The fourth-order valence-corrected chi connectivity index (χ4v) is 2.33. The van der Waals surface area contributed by atoms with Crippen molar-refractivity contribution in [2.24, 2.45) is 5.41 Å². The van der Waals surface area contributed by atoms with Gasteiger partial charge in [-0.2, -0.15) is 0 Å². The number of nitrogens with one attached hydrogen (secondary N) is 1. The Hall–Kier alpha value is -1.92. The van der Waals surface area contributed by atoms with E-state index in [2.05, 4.69) is 15.5 Å². The van der Waals surface area contributed by atoms with E-state index >= 15 is 0 Å². The van der Waals surface area contributed by atoms with E-state index in [1.54, 1.807) is 16.5 Å². The Morgan fingerprint density at radius 1 is 1.29 bits per heavy atom. The minimum Gasteiger partial charge on any atom is -0.348 e. The molecule has 7 heteroatoms. The zero-order valence-corrected chi connectivity index (χ0v) is 13.1. The minimum atomic E-state index is -0.360. The first-order valence-corrected chi connectivity index (χ1v) is 7.38. The first kappa shape index (κ1) is 15.5. The maximum Gasteiger partial charge on any atom is 0.291 e. The second-order valence-corrected chi connectivity index (χ2v) is 5.77. The van der Waals surface area contributed by atoms with Crippen LogP contribution in [0.25, 0.3) is 0 Å². The summed E-state index contributed by atoms with van der Waals surface area (Å²) in [6.07, 6.45) is 1.58. The Morgan fingerprint density at radius 2 is 1.95 bits per heavy atom. The van der Waals surface area contributed by atoms with E-state index in [1.165, 1.54) is 0 Å². The van der Waals surface area contributed by atoms with Crippen molar-refractivity contribution in [3.05, 3.63) is 11.6 Å². The monoisotopic (exact) mass is 293 g/mol. The standard InChI is InChI=1S/C14H23N5O2/c1-5-14(3,6-2)13(21)15-9-10-16-17-11-12(20)18(4)7-8-19(10)11/h5-9H2,1-4H3,(H,15,21). The Bertz CT molecular complexity index is 548. The summed E-state index contributed by atoms with van der Waals surface area (Å²) in [6.45, 7) is 7.58. The van der Waals surface area contributed by atoms with Gasteiger partial charge < -0.3 is 14.8 Å². The van der Waals surface area contributed by atoms with Crippen molar-refractivity contribution in [3.8, 4) is 0 Å². The first-order valence-electron chi connectivity index (χ1n) is 7.38. The molecule has 0 aromatic carbocycles. The largest absolute Gasteiger partial charge is 0.348 e. The number of carbonyl (C=O) groups is 2. The third-order valence-corrected chi connectivity index (χ3v) is 4.54. The van der Waals surface area contributed by atoms with E-state index in [1.807, 2.05) is 20.8 Å². The summed E-state index contributed by atoms with van der Waals surface area (Å²) in [5.74, 6) is 0.874. The summed E-state index contributed by atoms with van der Waals surface area (Å²) in [7, 11) is 1.75. The molecule has 116 valence electrons. The van der Waals surface area contributed by atoms with E-state index in [4.69, 9.17) is 0 Å². The third kappa shape index (κ3) is 2.77. The average Bonchev–Trinajstić information content (AvgIpc) is 2.91. The molecule has 1 aromatic heterocycles. The molecule has 1 aliphatic heterocycles. The average molecular weight is 293 g/mol. The Labute approximate surface area is 124 Å². The highest BCUT2D eigenvalue weighted by Crippen LogP contribution is 2.25. The number of nitrogens with zero attached hydrogens (tertiary/aromatic N) is 4. The summed E-state index contributed by atoms with van der Waals surface area (Å²) < 4.78 is 1.79. The molecule has 1 aliphatic rings. The van der Waals surface area contributed by atoms with Crippen LogP contribution in [-0.2, 0) is 17.9 Å². The number of rotatable bonds is 5. The van der Waals surface area contributed by atoms with Crippen molar-refractivity contribution in [1.29, 1.82) is 0 Å². The van der Waals surface area contributed by atoms with Crippen LogP contribution in [0.1, 0.15) is 50.1 Å². The number of hydrogen-bond acceptors (Lipinski definition) is 4. The van der Waals surface area contributed by atoms with Crippen molar-refractivity contribution < 1.29 is 9.59 Å². The van der Waals surface area contributed by atoms with Crippen LogP contribution in [0.3, 0.4) is 0 Å². The number of hydrogen-bond donors (Lipinski definition) is 1. The zero-order chi connectivity index (χ0) is 15.6. The lowest BCUT2D eigenvalue weighted by molar-refractivity contribution is -0.130. The fraction of sp³-hybridized carbons (Fsp3) is 0.714. The zero-order valence-electron chi connectivity index (χ0n) is 13.1. The lowest BCUT2D eigenvalue weighted by Gasteiger charge is -2.26. The van der Waals surface area contributed by atoms with Crippen molar-refractivity contribution in [2.75, 3.05) is 13.6 Å². The Morgan fingerprint density at radius 3 is 2.57 bits per heavy atom. The molecule has 0 bridgehead atoms. The van der Waals surface area contributed by atoms with Gasteiger partial charge in [-0.1, -0.05) is 20.8 Å². The van der Waals surface area contributed by atoms with Crippen molar-refractivity contribution in [3.63, 3.8) is 0 Å². The maximum atomic E-state index is 12.3. The summed E-state index contributed by atoms with van der Waals surface area (Å²) in [6, 6.07) is 0. The first-order chi connectivity index (χ1) is 9.92. The predicted octanol–water partition coefficient (Wildman–Crippen LogP) is 0.806.